The first-order valence-corrected chi connectivity index (χ1v) is 12.4. The van der Waals surface area contributed by atoms with Crippen LogP contribution in [0.3, 0.4) is 0 Å². The second-order valence-electron chi connectivity index (χ2n) is 9.20. The quantitative estimate of drug-likeness (QED) is 0.348. The maximum atomic E-state index is 12.7. The maximum Gasteiger partial charge on any atom is 0.193 e. The van der Waals surface area contributed by atoms with Gasteiger partial charge in [-0.3, -0.25) is 9.89 Å². The van der Waals surface area contributed by atoms with Crippen LogP contribution in [-0.2, 0) is 15.3 Å². The van der Waals surface area contributed by atoms with E-state index in [1.54, 1.807) is 19.2 Å². The van der Waals surface area contributed by atoms with Gasteiger partial charge in [0.15, 0.2) is 15.8 Å². The molecule has 0 radical (unpaired) electrons. The van der Waals surface area contributed by atoms with E-state index in [0.29, 0.717) is 17.5 Å². The van der Waals surface area contributed by atoms with Crippen molar-refractivity contribution in [2.75, 3.05) is 45.5 Å². The molecule has 1 aromatic rings. The van der Waals surface area contributed by atoms with Gasteiger partial charge < -0.3 is 10.2 Å². The first-order chi connectivity index (χ1) is 13.7. The zero-order valence-corrected chi connectivity index (χ0v) is 21.9. The number of rotatable bonds is 5. The summed E-state index contributed by atoms with van der Waals surface area (Å²) in [6.07, 6.45) is 3.76. The fourth-order valence-electron chi connectivity index (χ4n) is 4.25. The zero-order valence-electron chi connectivity index (χ0n) is 18.7. The van der Waals surface area contributed by atoms with Crippen LogP contribution in [0.15, 0.2) is 34.2 Å². The minimum Gasteiger partial charge on any atom is -0.355 e. The number of hydrogen-bond acceptors (Lipinski definition) is 4. The lowest BCUT2D eigenvalue weighted by Crippen LogP contribution is -2.43. The number of guanidine groups is 1. The van der Waals surface area contributed by atoms with E-state index in [9.17, 15) is 8.42 Å². The van der Waals surface area contributed by atoms with Crippen molar-refractivity contribution in [2.24, 2.45) is 4.99 Å². The van der Waals surface area contributed by atoms with Crippen molar-refractivity contribution < 1.29 is 8.42 Å². The Balaban J connectivity index is 0.00000320. The number of hydrogen-bond donors (Lipinski definition) is 1. The van der Waals surface area contributed by atoms with Gasteiger partial charge >= 0.3 is 0 Å². The lowest BCUT2D eigenvalue weighted by Gasteiger charge is -2.25. The molecule has 1 N–H and O–H groups in total. The SMILES string of the molecule is CN=C(NCCS(=O)(=O)c1ccc(C(C)(C)C)cc1)N1CCC(N2CCCC2)C1.I. The molecule has 2 saturated heterocycles. The molecule has 30 heavy (non-hydrogen) atoms. The normalized spacial score (nSPS) is 21.0. The van der Waals surface area contributed by atoms with Crippen LogP contribution < -0.4 is 5.32 Å². The second kappa shape index (κ2) is 10.6. The maximum absolute atomic E-state index is 12.7. The van der Waals surface area contributed by atoms with Crippen LogP contribution in [0.2, 0.25) is 0 Å². The Labute approximate surface area is 199 Å². The lowest BCUT2D eigenvalue weighted by atomic mass is 9.87. The smallest absolute Gasteiger partial charge is 0.193 e. The molecule has 170 valence electrons. The van der Waals surface area contributed by atoms with Gasteiger partial charge in [0.25, 0.3) is 0 Å². The molecule has 1 aromatic carbocycles. The van der Waals surface area contributed by atoms with Gasteiger partial charge in [0, 0.05) is 32.7 Å². The molecule has 0 bridgehead atoms. The Bertz CT molecular complexity index is 813. The van der Waals surface area contributed by atoms with E-state index < -0.39 is 9.84 Å². The van der Waals surface area contributed by atoms with Gasteiger partial charge in [-0.25, -0.2) is 8.42 Å². The number of aliphatic imine (C=N–C) groups is 1. The highest BCUT2D eigenvalue weighted by Gasteiger charge is 2.30. The molecule has 2 aliphatic heterocycles. The summed E-state index contributed by atoms with van der Waals surface area (Å²) in [6.45, 7) is 11.1. The summed E-state index contributed by atoms with van der Waals surface area (Å²) < 4.78 is 25.4. The first-order valence-electron chi connectivity index (χ1n) is 10.7. The minimum absolute atomic E-state index is 0. The van der Waals surface area contributed by atoms with Crippen molar-refractivity contribution in [1.82, 2.24) is 15.1 Å². The number of likely N-dealkylation sites (tertiary alicyclic amines) is 2. The fraction of sp³-hybridized carbons (Fsp3) is 0.682. The molecule has 2 fully saturated rings. The minimum atomic E-state index is -3.32. The highest BCUT2D eigenvalue weighted by atomic mass is 127. The average Bonchev–Trinajstić information content (AvgIpc) is 3.36. The average molecular weight is 549 g/mol. The predicted molar refractivity (Wildman–Crippen MR) is 135 cm³/mol. The number of benzene rings is 1. The monoisotopic (exact) mass is 548 g/mol. The third-order valence-electron chi connectivity index (χ3n) is 6.07. The van der Waals surface area contributed by atoms with Crippen molar-refractivity contribution in [3.05, 3.63) is 29.8 Å². The molecule has 1 atom stereocenters. The van der Waals surface area contributed by atoms with Crippen LogP contribution >= 0.6 is 24.0 Å². The Morgan fingerprint density at radius 2 is 1.77 bits per heavy atom. The highest BCUT2D eigenvalue weighted by Crippen LogP contribution is 2.24. The molecule has 3 rings (SSSR count). The van der Waals surface area contributed by atoms with Crippen LogP contribution in [0.4, 0.5) is 0 Å². The molecular weight excluding hydrogens is 511 g/mol. The standard InChI is InChI=1S/C22H36N4O2S.HI/c1-22(2,3)18-7-9-20(10-8-18)29(27,28)16-12-24-21(23-4)26-15-11-19(17-26)25-13-5-6-14-25;/h7-10,19H,5-6,11-17H2,1-4H3,(H,23,24);1H. The largest absolute Gasteiger partial charge is 0.355 e. The van der Waals surface area contributed by atoms with Gasteiger partial charge in [-0.2, -0.15) is 0 Å². The molecule has 0 aromatic heterocycles. The number of sulfone groups is 1. The lowest BCUT2D eigenvalue weighted by molar-refractivity contribution is 0.249. The third kappa shape index (κ3) is 6.32. The molecule has 0 aliphatic carbocycles. The van der Waals surface area contributed by atoms with Crippen molar-refractivity contribution in [3.8, 4) is 0 Å². The van der Waals surface area contributed by atoms with E-state index in [4.69, 9.17) is 0 Å². The Morgan fingerprint density at radius 1 is 1.13 bits per heavy atom. The molecule has 0 spiro atoms. The summed E-state index contributed by atoms with van der Waals surface area (Å²) in [7, 11) is -1.55. The van der Waals surface area contributed by atoms with Crippen LogP contribution in [-0.4, -0.2) is 75.7 Å². The Kier molecular flexibility index (Phi) is 9.00. The molecule has 1 unspecified atom stereocenters. The molecule has 8 heteroatoms. The number of nitrogens with one attached hydrogen (secondary N) is 1. The summed E-state index contributed by atoms with van der Waals surface area (Å²) in [5.41, 5.74) is 1.15. The van der Waals surface area contributed by atoms with Crippen LogP contribution in [0.5, 0.6) is 0 Å². The molecule has 2 aliphatic rings. The van der Waals surface area contributed by atoms with Crippen LogP contribution in [0.1, 0.15) is 45.6 Å². The van der Waals surface area contributed by atoms with E-state index in [2.05, 4.69) is 40.9 Å². The van der Waals surface area contributed by atoms with E-state index >= 15 is 0 Å². The van der Waals surface area contributed by atoms with Gasteiger partial charge in [-0.1, -0.05) is 32.9 Å². The van der Waals surface area contributed by atoms with Crippen LogP contribution in [0, 0.1) is 0 Å². The predicted octanol–water partition coefficient (Wildman–Crippen LogP) is 3.12. The molecular formula is C22H37IN4O2S. The molecule has 2 heterocycles. The first kappa shape index (κ1) is 25.4. The summed E-state index contributed by atoms with van der Waals surface area (Å²) in [4.78, 5) is 9.61. The van der Waals surface area contributed by atoms with Gasteiger partial charge in [0.2, 0.25) is 0 Å². The Morgan fingerprint density at radius 3 is 2.33 bits per heavy atom. The van der Waals surface area contributed by atoms with Crippen molar-refractivity contribution in [1.29, 1.82) is 0 Å². The Hall–Kier alpha value is -0.870. The van der Waals surface area contributed by atoms with Crippen molar-refractivity contribution in [2.45, 2.75) is 56.4 Å². The van der Waals surface area contributed by atoms with E-state index in [0.717, 1.165) is 31.0 Å². The van der Waals surface area contributed by atoms with Crippen molar-refractivity contribution >= 4 is 39.8 Å². The third-order valence-corrected chi connectivity index (χ3v) is 7.80. The summed E-state index contributed by atoms with van der Waals surface area (Å²) >= 11 is 0. The van der Waals surface area contributed by atoms with Crippen LogP contribution in [0.25, 0.3) is 0 Å². The van der Waals surface area contributed by atoms with Gasteiger partial charge in [-0.15, -0.1) is 24.0 Å². The summed E-state index contributed by atoms with van der Waals surface area (Å²) in [5, 5.41) is 3.26. The van der Waals surface area contributed by atoms with E-state index in [1.807, 2.05) is 12.1 Å². The summed E-state index contributed by atoms with van der Waals surface area (Å²) in [6, 6.07) is 7.89. The highest BCUT2D eigenvalue weighted by molar-refractivity contribution is 14.0. The molecule has 0 amide bonds. The molecule has 6 nitrogen and oxygen atoms in total. The van der Waals surface area contributed by atoms with E-state index in [-0.39, 0.29) is 35.1 Å². The second-order valence-corrected chi connectivity index (χ2v) is 11.3. The number of halogens is 1. The summed E-state index contributed by atoms with van der Waals surface area (Å²) in [5.74, 6) is 0.870. The zero-order chi connectivity index (χ0) is 21.1. The number of nitrogens with zero attached hydrogens (tertiary/aromatic N) is 3. The molecule has 0 saturated carbocycles. The van der Waals surface area contributed by atoms with Gasteiger partial charge in [-0.05, 0) is 55.5 Å². The fourth-order valence-corrected chi connectivity index (χ4v) is 5.41. The van der Waals surface area contributed by atoms with Gasteiger partial charge in [0.05, 0.1) is 10.6 Å². The van der Waals surface area contributed by atoms with Gasteiger partial charge in [0.1, 0.15) is 0 Å². The van der Waals surface area contributed by atoms with E-state index in [1.165, 1.54) is 25.9 Å². The van der Waals surface area contributed by atoms with Crippen molar-refractivity contribution in [3.63, 3.8) is 0 Å². The topological polar surface area (TPSA) is 65.0 Å².